The van der Waals surface area contributed by atoms with Gasteiger partial charge in [-0.25, -0.2) is 4.79 Å². The zero-order valence-corrected chi connectivity index (χ0v) is 12.7. The van der Waals surface area contributed by atoms with E-state index in [-0.39, 0.29) is 11.4 Å². The third-order valence-electron chi connectivity index (χ3n) is 4.61. The molecule has 0 radical (unpaired) electrons. The third kappa shape index (κ3) is 3.38. The Balaban J connectivity index is 1.90. The quantitative estimate of drug-likeness (QED) is 0.752. The molecule has 0 aromatic carbocycles. The van der Waals surface area contributed by atoms with Crippen molar-refractivity contribution in [2.45, 2.75) is 45.4 Å². The number of urea groups is 1. The van der Waals surface area contributed by atoms with Crippen LogP contribution >= 0.6 is 12.2 Å². The third-order valence-corrected chi connectivity index (χ3v) is 5.10. The Morgan fingerprint density at radius 2 is 1.47 bits per heavy atom. The summed E-state index contributed by atoms with van der Waals surface area (Å²) in [5.74, 6) is 0. The average molecular weight is 283 g/mol. The predicted molar refractivity (Wildman–Crippen MR) is 81.1 cm³/mol. The number of rotatable bonds is 1. The summed E-state index contributed by atoms with van der Waals surface area (Å²) in [6.45, 7) is 5.51. The van der Waals surface area contributed by atoms with E-state index in [1.54, 1.807) is 0 Å². The molecule has 0 bridgehead atoms. The number of carbonyl (C=O) groups is 1. The Hall–Kier alpha value is -0.840. The van der Waals surface area contributed by atoms with Crippen molar-refractivity contribution >= 4 is 23.2 Å². The minimum absolute atomic E-state index is 0.0646. The molecular weight excluding hydrogens is 258 g/mol. The minimum atomic E-state index is -0.0646. The van der Waals surface area contributed by atoms with Gasteiger partial charge in [-0.2, -0.15) is 0 Å². The Morgan fingerprint density at radius 3 is 1.95 bits per heavy atom. The number of nitrogens with two attached hydrogens (primary N) is 1. The van der Waals surface area contributed by atoms with Crippen molar-refractivity contribution in [1.82, 2.24) is 9.80 Å². The molecule has 2 aliphatic rings. The summed E-state index contributed by atoms with van der Waals surface area (Å²) in [5.41, 5.74) is 5.74. The van der Waals surface area contributed by atoms with Gasteiger partial charge in [0.15, 0.2) is 0 Å². The molecule has 0 unspecified atom stereocenters. The second-order valence-corrected chi connectivity index (χ2v) is 6.54. The number of nitrogens with zero attached hydrogens (tertiary/aromatic N) is 2. The van der Waals surface area contributed by atoms with E-state index in [2.05, 4.69) is 6.92 Å². The molecule has 19 heavy (non-hydrogen) atoms. The van der Waals surface area contributed by atoms with E-state index in [1.807, 2.05) is 9.80 Å². The molecule has 2 aliphatic heterocycles. The van der Waals surface area contributed by atoms with E-state index < -0.39 is 0 Å². The number of hydrogen-bond acceptors (Lipinski definition) is 2. The molecule has 5 heteroatoms. The number of thiocarbonyl (C=S) groups is 1. The van der Waals surface area contributed by atoms with Crippen LogP contribution in [-0.2, 0) is 0 Å². The monoisotopic (exact) mass is 283 g/mol. The van der Waals surface area contributed by atoms with Crippen molar-refractivity contribution in [1.29, 1.82) is 0 Å². The zero-order valence-electron chi connectivity index (χ0n) is 11.9. The molecule has 0 atom stereocenters. The van der Waals surface area contributed by atoms with Crippen molar-refractivity contribution in [3.8, 4) is 0 Å². The van der Waals surface area contributed by atoms with Crippen LogP contribution < -0.4 is 5.73 Å². The molecular formula is C14H25N3OS. The molecule has 0 aromatic rings. The van der Waals surface area contributed by atoms with Crippen LogP contribution in [0.25, 0.3) is 0 Å². The molecule has 2 rings (SSSR count). The van der Waals surface area contributed by atoms with Gasteiger partial charge in [0.05, 0.1) is 4.99 Å². The van der Waals surface area contributed by atoms with Crippen LogP contribution in [-0.4, -0.2) is 47.0 Å². The van der Waals surface area contributed by atoms with Gasteiger partial charge in [0, 0.05) is 31.6 Å². The lowest BCUT2D eigenvalue weighted by molar-refractivity contribution is 0.127. The summed E-state index contributed by atoms with van der Waals surface area (Å²) in [4.78, 5) is 17.1. The van der Waals surface area contributed by atoms with E-state index in [1.165, 1.54) is 12.8 Å². The molecule has 0 spiro atoms. The fraction of sp³-hybridized carbons (Fsp3) is 0.857. The summed E-state index contributed by atoms with van der Waals surface area (Å²) in [5, 5.41) is 0. The molecule has 4 nitrogen and oxygen atoms in total. The molecule has 108 valence electrons. The molecule has 2 N–H and O–H groups in total. The van der Waals surface area contributed by atoms with Gasteiger partial charge in [0.2, 0.25) is 0 Å². The average Bonchev–Trinajstić information content (AvgIpc) is 2.67. The molecule has 0 aromatic heterocycles. The Bertz CT molecular complexity index is 343. The largest absolute Gasteiger partial charge is 0.393 e. The first kappa shape index (κ1) is 14.6. The second kappa shape index (κ2) is 6.07. The number of hydrogen-bond donors (Lipinski definition) is 1. The highest BCUT2D eigenvalue weighted by Gasteiger charge is 2.35. The van der Waals surface area contributed by atoms with Crippen LogP contribution in [0.3, 0.4) is 0 Å². The highest BCUT2D eigenvalue weighted by Crippen LogP contribution is 2.31. The Morgan fingerprint density at radius 1 is 1.00 bits per heavy atom. The van der Waals surface area contributed by atoms with Gasteiger partial charge in [0.25, 0.3) is 0 Å². The summed E-state index contributed by atoms with van der Waals surface area (Å²) in [6, 6.07) is 0.215. The molecule has 2 amide bonds. The lowest BCUT2D eigenvalue weighted by Crippen LogP contribution is -2.51. The van der Waals surface area contributed by atoms with Gasteiger partial charge in [-0.15, -0.1) is 0 Å². The first-order chi connectivity index (χ1) is 9.03. The summed E-state index contributed by atoms with van der Waals surface area (Å²) < 4.78 is 0. The summed E-state index contributed by atoms with van der Waals surface area (Å²) in [7, 11) is 0. The second-order valence-electron chi connectivity index (χ2n) is 6.10. The number of likely N-dealkylation sites (tertiary alicyclic amines) is 2. The van der Waals surface area contributed by atoms with Crippen molar-refractivity contribution < 1.29 is 4.79 Å². The number of amides is 2. The number of carbonyl (C=O) groups excluding carboxylic acids is 1. The lowest BCUT2D eigenvalue weighted by atomic mass is 9.80. The Kier molecular flexibility index (Phi) is 4.66. The highest BCUT2D eigenvalue weighted by molar-refractivity contribution is 7.80. The fourth-order valence-corrected chi connectivity index (χ4v) is 3.10. The van der Waals surface area contributed by atoms with Crippen molar-refractivity contribution in [3.63, 3.8) is 0 Å². The maximum Gasteiger partial charge on any atom is 0.319 e. The van der Waals surface area contributed by atoms with Crippen LogP contribution in [0.2, 0.25) is 0 Å². The van der Waals surface area contributed by atoms with Gasteiger partial charge < -0.3 is 15.5 Å². The molecule has 0 saturated carbocycles. The van der Waals surface area contributed by atoms with E-state index in [0.29, 0.717) is 4.99 Å². The van der Waals surface area contributed by atoms with Gasteiger partial charge in [-0.1, -0.05) is 32.0 Å². The Labute approximate surface area is 121 Å². The lowest BCUT2D eigenvalue weighted by Gasteiger charge is -2.40. The van der Waals surface area contributed by atoms with Crippen LogP contribution in [0.4, 0.5) is 4.79 Å². The van der Waals surface area contributed by atoms with Gasteiger partial charge in [-0.05, 0) is 25.7 Å². The zero-order chi connectivity index (χ0) is 13.9. The van der Waals surface area contributed by atoms with Gasteiger partial charge in [0.1, 0.15) is 0 Å². The fourth-order valence-electron chi connectivity index (χ4n) is 2.90. The van der Waals surface area contributed by atoms with E-state index >= 15 is 0 Å². The summed E-state index contributed by atoms with van der Waals surface area (Å²) >= 11 is 5.14. The van der Waals surface area contributed by atoms with Crippen molar-refractivity contribution in [2.24, 2.45) is 11.1 Å². The summed E-state index contributed by atoms with van der Waals surface area (Å²) in [6.07, 6.45) is 6.57. The molecule has 0 aliphatic carbocycles. The number of piperidine rings is 1. The van der Waals surface area contributed by atoms with Crippen LogP contribution in [0.1, 0.15) is 45.4 Å². The highest BCUT2D eigenvalue weighted by atomic mass is 32.1. The first-order valence-corrected chi connectivity index (χ1v) is 7.77. The van der Waals surface area contributed by atoms with Crippen LogP contribution in [0.5, 0.6) is 0 Å². The van der Waals surface area contributed by atoms with E-state index in [4.69, 9.17) is 18.0 Å². The van der Waals surface area contributed by atoms with Crippen molar-refractivity contribution in [3.05, 3.63) is 0 Å². The molecule has 2 heterocycles. The van der Waals surface area contributed by atoms with Gasteiger partial charge in [-0.3, -0.25) is 0 Å². The SMILES string of the molecule is CC1(C(N)=S)CCN(C(=O)N2CCCCCC2)CC1. The van der Waals surface area contributed by atoms with Crippen LogP contribution in [0, 0.1) is 5.41 Å². The maximum atomic E-state index is 12.5. The maximum absolute atomic E-state index is 12.5. The standard InChI is InChI=1S/C14H25N3OS/c1-14(12(15)19)6-10-17(11-7-14)13(18)16-8-4-2-3-5-9-16/h2-11H2,1H3,(H2,15,19). The predicted octanol–water partition coefficient (Wildman–Crippen LogP) is 2.37. The molecule has 2 fully saturated rings. The molecule has 2 saturated heterocycles. The van der Waals surface area contributed by atoms with Crippen LogP contribution in [0.15, 0.2) is 0 Å². The van der Waals surface area contributed by atoms with E-state index in [0.717, 1.165) is 51.9 Å². The van der Waals surface area contributed by atoms with Crippen molar-refractivity contribution in [2.75, 3.05) is 26.2 Å². The first-order valence-electron chi connectivity index (χ1n) is 7.37. The minimum Gasteiger partial charge on any atom is -0.393 e. The van der Waals surface area contributed by atoms with E-state index in [9.17, 15) is 4.79 Å². The van der Waals surface area contributed by atoms with Gasteiger partial charge >= 0.3 is 6.03 Å². The smallest absolute Gasteiger partial charge is 0.319 e. The topological polar surface area (TPSA) is 49.6 Å². The normalized spacial score (nSPS) is 23.8.